The molecule has 1 heterocycles. The SMILES string of the molecule is CC(=O)Nc1ncc(-c2ccc(C#N)cc2)[nH]1. The zero-order valence-electron chi connectivity index (χ0n) is 9.19. The molecule has 84 valence electrons. The molecule has 0 saturated carbocycles. The molecular weight excluding hydrogens is 216 g/mol. The van der Waals surface area contributed by atoms with Crippen molar-refractivity contribution in [2.45, 2.75) is 6.92 Å². The third kappa shape index (κ3) is 2.49. The molecule has 0 unspecified atom stereocenters. The zero-order valence-corrected chi connectivity index (χ0v) is 9.19. The molecular formula is C12H10N4O. The van der Waals surface area contributed by atoms with Crippen molar-refractivity contribution in [1.29, 1.82) is 5.26 Å². The van der Waals surface area contributed by atoms with Crippen LogP contribution in [0.1, 0.15) is 12.5 Å². The molecule has 1 aromatic carbocycles. The smallest absolute Gasteiger partial charge is 0.223 e. The lowest BCUT2D eigenvalue weighted by Gasteiger charge is -1.97. The van der Waals surface area contributed by atoms with Crippen molar-refractivity contribution in [2.75, 3.05) is 5.32 Å². The first-order valence-corrected chi connectivity index (χ1v) is 5.02. The van der Waals surface area contributed by atoms with Crippen LogP contribution in [-0.4, -0.2) is 15.9 Å². The Morgan fingerprint density at radius 1 is 1.41 bits per heavy atom. The fraction of sp³-hybridized carbons (Fsp3) is 0.0833. The average Bonchev–Trinajstić information content (AvgIpc) is 2.77. The largest absolute Gasteiger partial charge is 0.324 e. The molecule has 0 aliphatic carbocycles. The predicted molar refractivity (Wildman–Crippen MR) is 63.0 cm³/mol. The van der Waals surface area contributed by atoms with Crippen LogP contribution in [0.25, 0.3) is 11.3 Å². The van der Waals surface area contributed by atoms with E-state index >= 15 is 0 Å². The van der Waals surface area contributed by atoms with Gasteiger partial charge < -0.3 is 4.98 Å². The van der Waals surface area contributed by atoms with Crippen molar-refractivity contribution in [3.05, 3.63) is 36.0 Å². The molecule has 0 spiro atoms. The van der Waals surface area contributed by atoms with Gasteiger partial charge in [0, 0.05) is 6.92 Å². The third-order valence-electron chi connectivity index (χ3n) is 2.20. The van der Waals surface area contributed by atoms with E-state index in [4.69, 9.17) is 5.26 Å². The topological polar surface area (TPSA) is 81.6 Å². The highest BCUT2D eigenvalue weighted by Crippen LogP contribution is 2.18. The molecule has 0 aliphatic rings. The van der Waals surface area contributed by atoms with Crippen molar-refractivity contribution in [3.63, 3.8) is 0 Å². The Hall–Kier alpha value is -2.61. The van der Waals surface area contributed by atoms with Gasteiger partial charge in [-0.2, -0.15) is 5.26 Å². The molecule has 2 N–H and O–H groups in total. The summed E-state index contributed by atoms with van der Waals surface area (Å²) in [7, 11) is 0. The van der Waals surface area contributed by atoms with Gasteiger partial charge in [0.2, 0.25) is 11.9 Å². The second-order valence-electron chi connectivity index (χ2n) is 3.52. The van der Waals surface area contributed by atoms with Crippen LogP contribution in [0, 0.1) is 11.3 Å². The molecule has 2 rings (SSSR count). The monoisotopic (exact) mass is 226 g/mol. The first-order chi connectivity index (χ1) is 8.19. The van der Waals surface area contributed by atoms with E-state index in [-0.39, 0.29) is 5.91 Å². The third-order valence-corrected chi connectivity index (χ3v) is 2.20. The fourth-order valence-electron chi connectivity index (χ4n) is 1.42. The molecule has 5 nitrogen and oxygen atoms in total. The van der Waals surface area contributed by atoms with Gasteiger partial charge in [-0.1, -0.05) is 12.1 Å². The number of hydrogen-bond acceptors (Lipinski definition) is 3. The maximum atomic E-state index is 10.8. The van der Waals surface area contributed by atoms with E-state index in [1.165, 1.54) is 6.92 Å². The lowest BCUT2D eigenvalue weighted by molar-refractivity contribution is -0.114. The average molecular weight is 226 g/mol. The molecule has 0 aliphatic heterocycles. The van der Waals surface area contributed by atoms with Gasteiger partial charge in [0.15, 0.2) is 0 Å². The van der Waals surface area contributed by atoms with E-state index < -0.39 is 0 Å². The predicted octanol–water partition coefficient (Wildman–Crippen LogP) is 1.91. The zero-order chi connectivity index (χ0) is 12.3. The molecule has 5 heteroatoms. The number of benzene rings is 1. The highest BCUT2D eigenvalue weighted by atomic mass is 16.1. The van der Waals surface area contributed by atoms with Crippen LogP contribution in [-0.2, 0) is 4.79 Å². The van der Waals surface area contributed by atoms with Gasteiger partial charge in [-0.15, -0.1) is 0 Å². The second-order valence-corrected chi connectivity index (χ2v) is 3.52. The summed E-state index contributed by atoms with van der Waals surface area (Å²) in [4.78, 5) is 17.8. The van der Waals surface area contributed by atoms with Crippen LogP contribution < -0.4 is 5.32 Å². The lowest BCUT2D eigenvalue weighted by Crippen LogP contribution is -2.06. The van der Waals surface area contributed by atoms with E-state index in [2.05, 4.69) is 21.4 Å². The lowest BCUT2D eigenvalue weighted by atomic mass is 10.1. The maximum Gasteiger partial charge on any atom is 0.223 e. The Kier molecular flexibility index (Phi) is 2.88. The molecule has 0 fully saturated rings. The van der Waals surface area contributed by atoms with Crippen molar-refractivity contribution >= 4 is 11.9 Å². The van der Waals surface area contributed by atoms with E-state index in [0.717, 1.165) is 11.3 Å². The van der Waals surface area contributed by atoms with Gasteiger partial charge in [-0.05, 0) is 17.7 Å². The number of carbonyl (C=O) groups excluding carboxylic acids is 1. The summed E-state index contributed by atoms with van der Waals surface area (Å²) in [6.07, 6.45) is 1.63. The number of carbonyl (C=O) groups is 1. The van der Waals surface area contributed by atoms with Crippen LogP contribution in [0.2, 0.25) is 0 Å². The highest BCUT2D eigenvalue weighted by molar-refractivity contribution is 5.87. The summed E-state index contributed by atoms with van der Waals surface area (Å²) in [5.74, 6) is 0.239. The number of hydrogen-bond donors (Lipinski definition) is 2. The minimum Gasteiger partial charge on any atom is -0.324 e. The Bertz CT molecular complexity index is 577. The first-order valence-electron chi connectivity index (χ1n) is 5.02. The van der Waals surface area contributed by atoms with Crippen LogP contribution in [0.15, 0.2) is 30.5 Å². The number of nitrogens with one attached hydrogen (secondary N) is 2. The normalized spacial score (nSPS) is 9.65. The van der Waals surface area contributed by atoms with Crippen LogP contribution in [0.5, 0.6) is 0 Å². The Morgan fingerprint density at radius 2 is 2.12 bits per heavy atom. The van der Waals surface area contributed by atoms with Crippen molar-refractivity contribution in [1.82, 2.24) is 9.97 Å². The summed E-state index contributed by atoms with van der Waals surface area (Å²) in [5, 5.41) is 11.2. The number of amides is 1. The standard InChI is InChI=1S/C12H10N4O/c1-8(17)15-12-14-7-11(16-12)10-4-2-9(6-13)3-5-10/h2-5,7H,1H3,(H2,14,15,16,17). The highest BCUT2D eigenvalue weighted by Gasteiger charge is 2.04. The molecule has 0 bridgehead atoms. The summed E-state index contributed by atoms with van der Waals surface area (Å²) < 4.78 is 0. The Morgan fingerprint density at radius 3 is 2.71 bits per heavy atom. The number of nitriles is 1. The quantitative estimate of drug-likeness (QED) is 0.820. The Labute approximate surface area is 98.1 Å². The summed E-state index contributed by atoms with van der Waals surface area (Å²) in [5.41, 5.74) is 2.31. The van der Waals surface area contributed by atoms with E-state index in [1.54, 1.807) is 18.3 Å². The summed E-state index contributed by atoms with van der Waals surface area (Å²) in [6.45, 7) is 1.42. The van der Waals surface area contributed by atoms with Gasteiger partial charge >= 0.3 is 0 Å². The molecule has 1 aromatic heterocycles. The fourth-order valence-corrected chi connectivity index (χ4v) is 1.42. The maximum absolute atomic E-state index is 10.8. The molecule has 2 aromatic rings. The first kappa shape index (κ1) is 10.9. The van der Waals surface area contributed by atoms with Gasteiger partial charge in [0.1, 0.15) is 0 Å². The minimum absolute atomic E-state index is 0.175. The number of nitrogens with zero attached hydrogens (tertiary/aromatic N) is 2. The number of imidazole rings is 1. The van der Waals surface area contributed by atoms with Gasteiger partial charge in [0.05, 0.1) is 23.5 Å². The minimum atomic E-state index is -0.175. The molecule has 0 saturated heterocycles. The van der Waals surface area contributed by atoms with Gasteiger partial charge in [-0.3, -0.25) is 10.1 Å². The molecule has 0 radical (unpaired) electrons. The van der Waals surface area contributed by atoms with Crippen LogP contribution in [0.3, 0.4) is 0 Å². The van der Waals surface area contributed by atoms with Crippen molar-refractivity contribution in [3.8, 4) is 17.3 Å². The number of aromatic amines is 1. The molecule has 0 atom stereocenters. The number of aromatic nitrogens is 2. The summed E-state index contributed by atoms with van der Waals surface area (Å²) in [6, 6.07) is 9.16. The van der Waals surface area contributed by atoms with Crippen LogP contribution >= 0.6 is 0 Å². The van der Waals surface area contributed by atoms with Crippen molar-refractivity contribution in [2.24, 2.45) is 0 Å². The van der Waals surface area contributed by atoms with Crippen LogP contribution in [0.4, 0.5) is 5.95 Å². The number of anilines is 1. The second kappa shape index (κ2) is 4.49. The van der Waals surface area contributed by atoms with Gasteiger partial charge in [-0.25, -0.2) is 4.98 Å². The van der Waals surface area contributed by atoms with E-state index in [1.807, 2.05) is 12.1 Å². The Balaban J connectivity index is 2.24. The number of rotatable bonds is 2. The van der Waals surface area contributed by atoms with Crippen molar-refractivity contribution < 1.29 is 4.79 Å². The number of H-pyrrole nitrogens is 1. The molecule has 1 amide bonds. The van der Waals surface area contributed by atoms with E-state index in [0.29, 0.717) is 11.5 Å². The molecule has 17 heavy (non-hydrogen) atoms. The van der Waals surface area contributed by atoms with E-state index in [9.17, 15) is 4.79 Å². The van der Waals surface area contributed by atoms with Gasteiger partial charge in [0.25, 0.3) is 0 Å². The summed E-state index contributed by atoms with van der Waals surface area (Å²) >= 11 is 0.